The Hall–Kier alpha value is -1.47. The topological polar surface area (TPSA) is 78.4 Å². The number of carboxylic acid groups (broad SMARTS) is 1. The zero-order chi connectivity index (χ0) is 14.8. The van der Waals surface area contributed by atoms with E-state index in [0.29, 0.717) is 6.92 Å². The smallest absolute Gasteiger partial charge is 0.422 e. The number of halogens is 3. The molecule has 0 aromatic carbocycles. The number of carbonyl (C=O) groups is 2. The largest absolute Gasteiger partial charge is 0.479 e. The van der Waals surface area contributed by atoms with E-state index in [4.69, 9.17) is 5.11 Å². The number of carbonyl (C=O) groups excluding carboxylic acids is 1. The van der Waals surface area contributed by atoms with E-state index < -0.39 is 23.7 Å². The van der Waals surface area contributed by atoms with Crippen LogP contribution in [0.15, 0.2) is 0 Å². The van der Waals surface area contributed by atoms with Crippen LogP contribution in [0.2, 0.25) is 0 Å². The number of rotatable bonds is 3. The van der Waals surface area contributed by atoms with Crippen molar-refractivity contribution in [3.05, 3.63) is 0 Å². The summed E-state index contributed by atoms with van der Waals surface area (Å²) in [5, 5.41) is 12.2. The molecule has 0 fully saturated rings. The lowest BCUT2D eigenvalue weighted by Gasteiger charge is -2.29. The molecule has 0 saturated heterocycles. The molecule has 1 atom stereocenters. The van der Waals surface area contributed by atoms with Gasteiger partial charge in [-0.15, -0.1) is 0 Å². The van der Waals surface area contributed by atoms with Crippen LogP contribution < -0.4 is 10.6 Å². The van der Waals surface area contributed by atoms with Crippen molar-refractivity contribution in [2.45, 2.75) is 39.4 Å². The number of hydrogen-bond acceptors (Lipinski definition) is 2. The van der Waals surface area contributed by atoms with Crippen molar-refractivity contribution in [1.82, 2.24) is 10.6 Å². The van der Waals surface area contributed by atoms with Gasteiger partial charge < -0.3 is 15.7 Å². The second-order valence-electron chi connectivity index (χ2n) is 5.30. The van der Waals surface area contributed by atoms with Crippen LogP contribution in [0.5, 0.6) is 0 Å². The molecule has 0 bridgehead atoms. The van der Waals surface area contributed by atoms with Crippen LogP contribution in [-0.2, 0) is 4.79 Å². The molecule has 8 heteroatoms. The van der Waals surface area contributed by atoms with Crippen LogP contribution in [0.25, 0.3) is 0 Å². The van der Waals surface area contributed by atoms with E-state index in [1.54, 1.807) is 20.8 Å². The average molecular weight is 270 g/mol. The zero-order valence-corrected chi connectivity index (χ0v) is 10.6. The summed E-state index contributed by atoms with van der Waals surface area (Å²) in [5.41, 5.74) is -3.63. The molecule has 2 amide bonds. The Bertz CT molecular complexity index is 336. The zero-order valence-electron chi connectivity index (χ0n) is 10.6. The number of carboxylic acids is 1. The van der Waals surface area contributed by atoms with E-state index in [-0.39, 0.29) is 12.0 Å². The molecule has 0 aromatic rings. The molecule has 0 aliphatic carbocycles. The molecule has 0 rings (SSSR count). The highest BCUT2D eigenvalue weighted by Gasteiger charge is 2.58. The van der Waals surface area contributed by atoms with Crippen LogP contribution >= 0.6 is 0 Å². The molecule has 3 N–H and O–H groups in total. The molecule has 18 heavy (non-hydrogen) atoms. The maximum atomic E-state index is 12.6. The van der Waals surface area contributed by atoms with E-state index in [1.807, 2.05) is 0 Å². The summed E-state index contributed by atoms with van der Waals surface area (Å²) < 4.78 is 37.7. The fourth-order valence-corrected chi connectivity index (χ4v) is 0.862. The number of amides is 2. The molecule has 0 radical (unpaired) electrons. The molecule has 0 saturated carbocycles. The molecule has 5 nitrogen and oxygen atoms in total. The number of aliphatic carboxylic acids is 1. The monoisotopic (exact) mass is 270 g/mol. The number of urea groups is 1. The SMILES string of the molecule is CC(C)(C)CNC(=O)NC(C)(C(=O)O)C(F)(F)F. The minimum absolute atomic E-state index is 0.117. The van der Waals surface area contributed by atoms with Crippen molar-refractivity contribution in [3.63, 3.8) is 0 Å². The maximum Gasteiger partial charge on any atom is 0.422 e. The highest BCUT2D eigenvalue weighted by molar-refractivity contribution is 5.86. The van der Waals surface area contributed by atoms with E-state index in [9.17, 15) is 22.8 Å². The number of hydrogen-bond donors (Lipinski definition) is 3. The maximum absolute atomic E-state index is 12.6. The molecular weight excluding hydrogens is 253 g/mol. The molecule has 106 valence electrons. The Kier molecular flexibility index (Phi) is 4.62. The normalized spacial score (nSPS) is 15.7. The van der Waals surface area contributed by atoms with Crippen LogP contribution in [0.1, 0.15) is 27.7 Å². The van der Waals surface area contributed by atoms with Crippen molar-refractivity contribution in [2.75, 3.05) is 6.54 Å². The van der Waals surface area contributed by atoms with Gasteiger partial charge in [-0.25, -0.2) is 9.59 Å². The quantitative estimate of drug-likeness (QED) is 0.731. The standard InChI is InChI=1S/C10H17F3N2O3/c1-8(2,3)5-14-7(18)15-9(4,6(16)17)10(11,12)13/h5H2,1-4H3,(H,16,17)(H2,14,15,18). The molecule has 0 aliphatic rings. The second-order valence-corrected chi connectivity index (χ2v) is 5.30. The van der Waals surface area contributed by atoms with Crippen molar-refractivity contribution < 1.29 is 27.9 Å². The molecule has 0 heterocycles. The van der Waals surface area contributed by atoms with Crippen LogP contribution in [-0.4, -0.2) is 35.4 Å². The third kappa shape index (κ3) is 4.42. The predicted molar refractivity (Wildman–Crippen MR) is 58.1 cm³/mol. The summed E-state index contributed by atoms with van der Waals surface area (Å²) in [6.45, 7) is 5.83. The Labute approximate surface area is 103 Å². The highest BCUT2D eigenvalue weighted by Crippen LogP contribution is 2.30. The second kappa shape index (κ2) is 5.03. The first-order valence-electron chi connectivity index (χ1n) is 5.16. The lowest BCUT2D eigenvalue weighted by molar-refractivity contribution is -0.203. The van der Waals surface area contributed by atoms with Crippen molar-refractivity contribution in [3.8, 4) is 0 Å². The van der Waals surface area contributed by atoms with Crippen molar-refractivity contribution in [2.24, 2.45) is 5.41 Å². The van der Waals surface area contributed by atoms with Crippen molar-refractivity contribution in [1.29, 1.82) is 0 Å². The van der Waals surface area contributed by atoms with Gasteiger partial charge in [0.05, 0.1) is 0 Å². The summed E-state index contributed by atoms with van der Waals surface area (Å²) in [5.74, 6) is -2.17. The Morgan fingerprint density at radius 3 is 1.83 bits per heavy atom. The van der Waals surface area contributed by atoms with Gasteiger partial charge in [-0.3, -0.25) is 0 Å². The Morgan fingerprint density at radius 2 is 1.56 bits per heavy atom. The lowest BCUT2D eigenvalue weighted by atomic mass is 9.97. The third-order valence-electron chi connectivity index (χ3n) is 2.14. The Morgan fingerprint density at radius 1 is 1.11 bits per heavy atom. The van der Waals surface area contributed by atoms with Gasteiger partial charge >= 0.3 is 18.2 Å². The minimum Gasteiger partial charge on any atom is -0.479 e. The van der Waals surface area contributed by atoms with Gasteiger partial charge in [0.1, 0.15) is 0 Å². The van der Waals surface area contributed by atoms with E-state index in [0.717, 1.165) is 0 Å². The summed E-state index contributed by atoms with van der Waals surface area (Å²) >= 11 is 0. The lowest BCUT2D eigenvalue weighted by Crippen LogP contribution is -2.63. The fraction of sp³-hybridized carbons (Fsp3) is 0.800. The summed E-state index contributed by atoms with van der Waals surface area (Å²) in [4.78, 5) is 21.9. The highest BCUT2D eigenvalue weighted by atomic mass is 19.4. The number of nitrogens with one attached hydrogen (secondary N) is 2. The summed E-state index contributed by atoms with van der Waals surface area (Å²) in [6.07, 6.45) is -5.09. The van der Waals surface area contributed by atoms with Crippen LogP contribution in [0.4, 0.5) is 18.0 Å². The first-order chi connectivity index (χ1) is 7.79. The minimum atomic E-state index is -5.09. The van der Waals surface area contributed by atoms with E-state index in [1.165, 1.54) is 5.32 Å². The van der Waals surface area contributed by atoms with Crippen LogP contribution in [0, 0.1) is 5.41 Å². The molecular formula is C10H17F3N2O3. The molecule has 1 unspecified atom stereocenters. The van der Waals surface area contributed by atoms with Gasteiger partial charge in [-0.2, -0.15) is 13.2 Å². The molecule has 0 aromatic heterocycles. The summed E-state index contributed by atoms with van der Waals surface area (Å²) in [6, 6.07) is -1.17. The first kappa shape index (κ1) is 16.5. The fourth-order valence-electron chi connectivity index (χ4n) is 0.862. The number of alkyl halides is 3. The van der Waals surface area contributed by atoms with Gasteiger partial charge in [0, 0.05) is 6.54 Å². The van der Waals surface area contributed by atoms with E-state index in [2.05, 4.69) is 5.32 Å². The van der Waals surface area contributed by atoms with Gasteiger partial charge in [0.2, 0.25) is 5.54 Å². The average Bonchev–Trinajstić information content (AvgIpc) is 2.11. The van der Waals surface area contributed by atoms with Gasteiger partial charge in [0.15, 0.2) is 0 Å². The van der Waals surface area contributed by atoms with Gasteiger partial charge in [-0.05, 0) is 12.3 Å². The molecule has 0 spiro atoms. The summed E-state index contributed by atoms with van der Waals surface area (Å²) in [7, 11) is 0. The van der Waals surface area contributed by atoms with Crippen LogP contribution in [0.3, 0.4) is 0 Å². The molecule has 0 aliphatic heterocycles. The Balaban J connectivity index is 4.74. The van der Waals surface area contributed by atoms with Gasteiger partial charge in [0.25, 0.3) is 0 Å². The van der Waals surface area contributed by atoms with Crippen molar-refractivity contribution >= 4 is 12.0 Å². The van der Waals surface area contributed by atoms with E-state index >= 15 is 0 Å². The van der Waals surface area contributed by atoms with Gasteiger partial charge in [-0.1, -0.05) is 20.8 Å². The predicted octanol–water partition coefficient (Wildman–Crippen LogP) is 1.74. The first-order valence-corrected chi connectivity index (χ1v) is 5.16. The third-order valence-corrected chi connectivity index (χ3v) is 2.14.